The Balaban J connectivity index is 0.00000220. The van der Waals surface area contributed by atoms with Gasteiger partial charge < -0.3 is 5.32 Å². The Kier molecular flexibility index (Phi) is 6.90. The maximum absolute atomic E-state index is 14.1. The molecule has 1 saturated heterocycles. The van der Waals surface area contributed by atoms with Crippen LogP contribution in [0.3, 0.4) is 0 Å². The molecule has 2 nitrogen and oxygen atoms in total. The topological polar surface area (TPSA) is 15.3 Å². The number of rotatable bonds is 3. The molecule has 1 aromatic rings. The van der Waals surface area contributed by atoms with E-state index in [0.717, 1.165) is 0 Å². The van der Waals surface area contributed by atoms with E-state index in [4.69, 9.17) is 0 Å². The fourth-order valence-corrected chi connectivity index (χ4v) is 2.81. The van der Waals surface area contributed by atoms with E-state index < -0.39 is 24.5 Å². The van der Waals surface area contributed by atoms with Crippen molar-refractivity contribution in [2.24, 2.45) is 0 Å². The Morgan fingerprint density at radius 1 is 1.24 bits per heavy atom. The molecule has 8 heteroatoms. The first-order chi connectivity index (χ1) is 9.38. The molecule has 0 spiro atoms. The van der Waals surface area contributed by atoms with Gasteiger partial charge in [-0.15, -0.1) is 12.4 Å². The maximum atomic E-state index is 14.1. The molecule has 120 valence electrons. The molecule has 0 aromatic heterocycles. The summed E-state index contributed by atoms with van der Waals surface area (Å²) in [5, 5.41) is 3.08. The van der Waals surface area contributed by atoms with Crippen molar-refractivity contribution in [3.63, 3.8) is 0 Å². The van der Waals surface area contributed by atoms with E-state index in [1.807, 2.05) is 0 Å². The number of piperazine rings is 1. The van der Waals surface area contributed by atoms with Gasteiger partial charge in [-0.3, -0.25) is 4.90 Å². The second kappa shape index (κ2) is 7.76. The summed E-state index contributed by atoms with van der Waals surface area (Å²) < 4.78 is 52.7. The molecule has 1 aromatic carbocycles. The lowest BCUT2D eigenvalue weighted by Gasteiger charge is -2.35. The van der Waals surface area contributed by atoms with Crippen LogP contribution >= 0.6 is 28.3 Å². The molecule has 1 heterocycles. The number of nitrogens with zero attached hydrogens (tertiary/aromatic N) is 1. The average molecular weight is 392 g/mol. The molecular weight excluding hydrogens is 376 g/mol. The van der Waals surface area contributed by atoms with Crippen LogP contribution in [0.5, 0.6) is 0 Å². The number of nitrogens with one attached hydrogen (secondary N) is 1. The van der Waals surface area contributed by atoms with Crippen molar-refractivity contribution in [2.75, 3.05) is 26.2 Å². The van der Waals surface area contributed by atoms with Crippen LogP contribution in [0, 0.1) is 5.82 Å². The van der Waals surface area contributed by atoms with Crippen LogP contribution in [-0.4, -0.2) is 37.3 Å². The quantitative estimate of drug-likeness (QED) is 0.786. The molecule has 1 fully saturated rings. The van der Waals surface area contributed by atoms with Crippen LogP contribution in [-0.2, 0) is 0 Å². The summed E-state index contributed by atoms with van der Waals surface area (Å²) in [6, 6.07) is 3.50. The summed E-state index contributed by atoms with van der Waals surface area (Å²) in [7, 11) is 0. The third-order valence-electron chi connectivity index (χ3n) is 3.36. The average Bonchev–Trinajstić information content (AvgIpc) is 2.40. The SMILES string of the molecule is Cl.Fc1c(Br)cccc1[C@H](CC(F)(F)F)N1CCNCC1. The molecule has 0 amide bonds. The van der Waals surface area contributed by atoms with Gasteiger partial charge in [0.05, 0.1) is 10.9 Å². The fourth-order valence-electron chi connectivity index (χ4n) is 2.43. The van der Waals surface area contributed by atoms with Crippen molar-refractivity contribution in [3.05, 3.63) is 34.1 Å². The zero-order valence-corrected chi connectivity index (χ0v) is 13.5. The Hall–Kier alpha value is -0.370. The maximum Gasteiger partial charge on any atom is 0.390 e. The van der Waals surface area contributed by atoms with E-state index in [0.29, 0.717) is 26.2 Å². The number of hydrogen-bond acceptors (Lipinski definition) is 2. The third-order valence-corrected chi connectivity index (χ3v) is 3.97. The first kappa shape index (κ1) is 18.7. The summed E-state index contributed by atoms with van der Waals surface area (Å²) in [4.78, 5) is 1.69. The Morgan fingerprint density at radius 3 is 2.43 bits per heavy atom. The predicted molar refractivity (Wildman–Crippen MR) is 79.2 cm³/mol. The molecule has 1 aliphatic heterocycles. The van der Waals surface area contributed by atoms with Crippen molar-refractivity contribution in [1.82, 2.24) is 10.2 Å². The zero-order chi connectivity index (χ0) is 14.8. The van der Waals surface area contributed by atoms with Crippen molar-refractivity contribution in [1.29, 1.82) is 0 Å². The number of benzene rings is 1. The molecule has 0 radical (unpaired) electrons. The summed E-state index contributed by atoms with van der Waals surface area (Å²) >= 11 is 3.03. The smallest absolute Gasteiger partial charge is 0.314 e. The van der Waals surface area contributed by atoms with E-state index in [1.54, 1.807) is 11.0 Å². The van der Waals surface area contributed by atoms with Crippen molar-refractivity contribution in [3.8, 4) is 0 Å². The molecule has 0 bridgehead atoms. The standard InChI is InChI=1S/C13H15BrF4N2.ClH/c14-10-3-1-2-9(12(10)15)11(8-13(16,17)18)20-6-4-19-5-7-20;/h1-3,11,19H,4-8H2;1H/t11-;/m0./s1. The molecule has 0 saturated carbocycles. The number of halogens is 6. The van der Waals surface area contributed by atoms with Crippen LogP contribution in [0.25, 0.3) is 0 Å². The molecular formula is C13H16BrClF4N2. The van der Waals surface area contributed by atoms with Gasteiger partial charge in [0, 0.05) is 37.8 Å². The summed E-state index contributed by atoms with van der Waals surface area (Å²) in [6.45, 7) is 2.19. The minimum atomic E-state index is -4.33. The third kappa shape index (κ3) is 5.09. The molecule has 0 unspecified atom stereocenters. The van der Waals surface area contributed by atoms with Gasteiger partial charge in [-0.1, -0.05) is 12.1 Å². The van der Waals surface area contributed by atoms with Crippen LogP contribution in [0.15, 0.2) is 22.7 Å². The van der Waals surface area contributed by atoms with E-state index >= 15 is 0 Å². The zero-order valence-electron chi connectivity index (χ0n) is 11.1. The number of alkyl halides is 3. The summed E-state index contributed by atoms with van der Waals surface area (Å²) in [6.07, 6.45) is -5.37. The lowest BCUT2D eigenvalue weighted by Crippen LogP contribution is -2.46. The minimum Gasteiger partial charge on any atom is -0.314 e. The second-order valence-electron chi connectivity index (χ2n) is 4.76. The Labute approximate surface area is 135 Å². The molecule has 1 aliphatic rings. The van der Waals surface area contributed by atoms with Gasteiger partial charge in [0.25, 0.3) is 0 Å². The van der Waals surface area contributed by atoms with Crippen molar-refractivity contribution >= 4 is 28.3 Å². The second-order valence-corrected chi connectivity index (χ2v) is 5.62. The largest absolute Gasteiger partial charge is 0.390 e. The normalized spacial score (nSPS) is 18.1. The van der Waals surface area contributed by atoms with Crippen LogP contribution in [0.4, 0.5) is 17.6 Å². The van der Waals surface area contributed by atoms with Crippen LogP contribution < -0.4 is 5.32 Å². The number of hydrogen-bond donors (Lipinski definition) is 1. The van der Waals surface area contributed by atoms with Crippen LogP contribution in [0.1, 0.15) is 18.0 Å². The van der Waals surface area contributed by atoms with Gasteiger partial charge >= 0.3 is 6.18 Å². The predicted octanol–water partition coefficient (Wildman–Crippen LogP) is 3.91. The van der Waals surface area contributed by atoms with E-state index in [1.165, 1.54) is 12.1 Å². The van der Waals surface area contributed by atoms with E-state index in [2.05, 4.69) is 21.2 Å². The Bertz CT molecular complexity index is 464. The highest BCUT2D eigenvalue weighted by molar-refractivity contribution is 9.10. The fraction of sp³-hybridized carbons (Fsp3) is 0.538. The van der Waals surface area contributed by atoms with Gasteiger partial charge in [0.2, 0.25) is 0 Å². The highest BCUT2D eigenvalue weighted by Gasteiger charge is 2.37. The van der Waals surface area contributed by atoms with Crippen molar-refractivity contribution in [2.45, 2.75) is 18.6 Å². The molecule has 1 atom stereocenters. The van der Waals surface area contributed by atoms with Gasteiger partial charge in [0.15, 0.2) is 0 Å². The monoisotopic (exact) mass is 390 g/mol. The van der Waals surface area contributed by atoms with E-state index in [-0.39, 0.29) is 22.4 Å². The lowest BCUT2D eigenvalue weighted by atomic mass is 10.00. The molecule has 21 heavy (non-hydrogen) atoms. The van der Waals surface area contributed by atoms with Gasteiger partial charge in [0.1, 0.15) is 5.82 Å². The van der Waals surface area contributed by atoms with E-state index in [9.17, 15) is 17.6 Å². The van der Waals surface area contributed by atoms with Crippen molar-refractivity contribution < 1.29 is 17.6 Å². The first-order valence-corrected chi connectivity index (χ1v) is 7.13. The lowest BCUT2D eigenvalue weighted by molar-refractivity contribution is -0.149. The summed E-state index contributed by atoms with van der Waals surface area (Å²) in [5.74, 6) is -0.611. The first-order valence-electron chi connectivity index (χ1n) is 6.34. The minimum absolute atomic E-state index is 0. The highest BCUT2D eigenvalue weighted by atomic mass is 79.9. The summed E-state index contributed by atoms with van der Waals surface area (Å²) in [5.41, 5.74) is 0.0959. The molecule has 1 N–H and O–H groups in total. The van der Waals surface area contributed by atoms with Gasteiger partial charge in [-0.2, -0.15) is 13.2 Å². The van der Waals surface area contributed by atoms with Gasteiger partial charge in [-0.05, 0) is 22.0 Å². The highest BCUT2D eigenvalue weighted by Crippen LogP contribution is 2.36. The van der Waals surface area contributed by atoms with Gasteiger partial charge in [-0.25, -0.2) is 4.39 Å². The van der Waals surface area contributed by atoms with Crippen LogP contribution in [0.2, 0.25) is 0 Å². The molecule has 2 rings (SSSR count). The molecule has 0 aliphatic carbocycles. The Morgan fingerprint density at radius 2 is 1.86 bits per heavy atom.